The number of nitrogens with zero attached hydrogens (tertiary/aromatic N) is 1. The molecule has 4 aromatic carbocycles. The van der Waals surface area contributed by atoms with Crippen molar-refractivity contribution in [1.82, 2.24) is 10.6 Å². The molecule has 1 heterocycles. The maximum absolute atomic E-state index is 12.0. The number of nitrogens with one attached hydrogen (secondary N) is 3. The van der Waals surface area contributed by atoms with Crippen LogP contribution in [0.5, 0.6) is 0 Å². The average Bonchev–Trinajstić information content (AvgIpc) is 3.63. The SMILES string of the molecule is COC(=O)Cc1cc(CC(=O)OC)cc(N=C=O)c1.COC(=O)Cc1cc(CC(=O)OC)cc(NC(=O)COCCOO)c1.O=C(NC1C(=O)OC(=O)C1NC(=O)OCc1ccccc1)OCc1ccccc1. The second-order valence-corrected chi connectivity index (χ2v) is 14.8. The van der Waals surface area contributed by atoms with Crippen LogP contribution in [-0.4, -0.2) is 126 Å². The van der Waals surface area contributed by atoms with E-state index >= 15 is 0 Å². The van der Waals surface area contributed by atoms with E-state index in [2.05, 4.69) is 49.5 Å². The number of benzene rings is 4. The summed E-state index contributed by atoms with van der Waals surface area (Å²) in [7, 11) is 5.11. The molecule has 1 fully saturated rings. The molecule has 1 aliphatic rings. The molecule has 0 aromatic heterocycles. The summed E-state index contributed by atoms with van der Waals surface area (Å²) >= 11 is 0. The number of esters is 6. The molecule has 4 N–H and O–H groups in total. The fourth-order valence-corrected chi connectivity index (χ4v) is 6.08. The number of alkyl carbamates (subject to hydrolysis) is 2. The Kier molecular flexibility index (Phi) is 25.7. The zero-order chi connectivity index (χ0) is 53.5. The molecule has 4 aromatic rings. The Bertz CT molecular complexity index is 2420. The molecule has 1 aliphatic heterocycles. The lowest BCUT2D eigenvalue weighted by molar-refractivity contribution is -0.248. The summed E-state index contributed by atoms with van der Waals surface area (Å²) in [6.07, 6.45) is -0.388. The number of isocyanates is 1. The maximum Gasteiger partial charge on any atom is 0.408 e. The number of hydrogen-bond donors (Lipinski definition) is 4. The van der Waals surface area contributed by atoms with Crippen LogP contribution < -0.4 is 16.0 Å². The van der Waals surface area contributed by atoms with Gasteiger partial charge in [-0.05, 0) is 57.6 Å². The van der Waals surface area contributed by atoms with E-state index in [4.69, 9.17) is 19.5 Å². The summed E-state index contributed by atoms with van der Waals surface area (Å²) in [6.45, 7) is -0.290. The molecule has 388 valence electrons. The molecule has 24 heteroatoms. The third kappa shape index (κ3) is 22.6. The minimum atomic E-state index is -1.42. The highest BCUT2D eigenvalue weighted by molar-refractivity contribution is 6.03. The van der Waals surface area contributed by atoms with Crippen molar-refractivity contribution in [2.75, 3.05) is 53.6 Å². The van der Waals surface area contributed by atoms with Crippen molar-refractivity contribution in [3.05, 3.63) is 130 Å². The molecule has 2 atom stereocenters. The van der Waals surface area contributed by atoms with Gasteiger partial charge >= 0.3 is 48.0 Å². The van der Waals surface area contributed by atoms with Gasteiger partial charge in [0.05, 0.1) is 66.4 Å². The molecule has 5 rings (SSSR count). The van der Waals surface area contributed by atoms with Crippen LogP contribution >= 0.6 is 0 Å². The van der Waals surface area contributed by atoms with E-state index in [0.717, 1.165) is 11.1 Å². The van der Waals surface area contributed by atoms with Crippen LogP contribution in [0.3, 0.4) is 0 Å². The fraction of sp³-hybridized carbons (Fsp3) is 0.306. The van der Waals surface area contributed by atoms with Crippen LogP contribution in [-0.2, 0) is 120 Å². The number of ether oxygens (including phenoxy) is 8. The quantitative estimate of drug-likeness (QED) is 0.0136. The topological polar surface area (TPSA) is 322 Å². The molecular weight excluding hydrogens is 965 g/mol. The van der Waals surface area contributed by atoms with Crippen LogP contribution in [0.15, 0.2) is 102 Å². The first-order valence-electron chi connectivity index (χ1n) is 21.5. The lowest BCUT2D eigenvalue weighted by atomic mass is 10.0. The zero-order valence-electron chi connectivity index (χ0n) is 39.9. The highest BCUT2D eigenvalue weighted by Gasteiger charge is 2.47. The van der Waals surface area contributed by atoms with Crippen molar-refractivity contribution < 1.29 is 96.0 Å². The number of cyclic esters (lactones) is 2. The molecule has 0 spiro atoms. The summed E-state index contributed by atoms with van der Waals surface area (Å²) in [6, 6.07) is 24.6. The minimum Gasteiger partial charge on any atom is -0.469 e. The van der Waals surface area contributed by atoms with E-state index in [1.807, 2.05) is 12.1 Å². The third-order valence-corrected chi connectivity index (χ3v) is 9.42. The van der Waals surface area contributed by atoms with Gasteiger partial charge in [0, 0.05) is 5.69 Å². The second kappa shape index (κ2) is 32.1. The smallest absolute Gasteiger partial charge is 0.408 e. The van der Waals surface area contributed by atoms with Crippen molar-refractivity contribution >= 4 is 71.4 Å². The number of methoxy groups -OCH3 is 4. The Labute approximate surface area is 417 Å². The van der Waals surface area contributed by atoms with E-state index in [-0.39, 0.29) is 58.7 Å². The summed E-state index contributed by atoms with van der Waals surface area (Å²) < 4.78 is 37.9. The van der Waals surface area contributed by atoms with Gasteiger partial charge < -0.3 is 53.8 Å². The number of carbonyl (C=O) groups excluding carboxylic acids is 10. The van der Waals surface area contributed by atoms with Crippen molar-refractivity contribution in [2.45, 2.75) is 51.0 Å². The molecule has 73 heavy (non-hydrogen) atoms. The number of aliphatic imine (C=N–C) groups is 1. The van der Waals surface area contributed by atoms with Gasteiger partial charge in [-0.2, -0.15) is 4.99 Å². The van der Waals surface area contributed by atoms with Gasteiger partial charge in [-0.3, -0.25) is 29.2 Å². The second-order valence-electron chi connectivity index (χ2n) is 14.8. The summed E-state index contributed by atoms with van der Waals surface area (Å²) in [5.74, 6) is -4.16. The van der Waals surface area contributed by atoms with Crippen LogP contribution in [0.4, 0.5) is 21.0 Å². The Morgan fingerprint density at radius 1 is 0.575 bits per heavy atom. The van der Waals surface area contributed by atoms with Crippen LogP contribution in [0.1, 0.15) is 33.4 Å². The number of amides is 3. The van der Waals surface area contributed by atoms with E-state index in [9.17, 15) is 47.9 Å². The van der Waals surface area contributed by atoms with Gasteiger partial charge in [-0.25, -0.2) is 28.9 Å². The lowest BCUT2D eigenvalue weighted by Crippen LogP contribution is -2.53. The van der Waals surface area contributed by atoms with Crippen molar-refractivity contribution in [2.24, 2.45) is 4.99 Å². The van der Waals surface area contributed by atoms with Gasteiger partial charge in [0.25, 0.3) is 0 Å². The number of carbonyl (C=O) groups is 9. The van der Waals surface area contributed by atoms with Gasteiger partial charge in [0.2, 0.25) is 12.0 Å². The van der Waals surface area contributed by atoms with Gasteiger partial charge in [-0.15, -0.1) is 0 Å². The number of anilines is 1. The standard InChI is InChI=1S/C20H18N2O7.C16H21NO8.C13H13NO5/c23-17-15(21-19(25)27-11-13-7-3-1-4-8-13)16(18(24)29-17)22-20(26)28-12-14-9-5-2-6-10-14;1-22-15(19)8-11-5-12(9-16(20)23-2)7-13(6-11)17-14(18)10-24-3-4-25-21;1-18-12(16)6-9-3-10(7-13(17)19-2)5-11(4-9)14-8-15/h1-10,15-16H,11-12H2,(H,21,25)(H,22,26);5-7,21H,3-4,8-10H2,1-2H3,(H,17,18);3-5H,6-7H2,1-2H3. The monoisotopic (exact) mass is 1020 g/mol. The highest BCUT2D eigenvalue weighted by atomic mass is 17.1. The molecule has 24 nitrogen and oxygen atoms in total. The predicted octanol–water partition coefficient (Wildman–Crippen LogP) is 3.31. The largest absolute Gasteiger partial charge is 0.469 e. The molecule has 0 saturated carbocycles. The van der Waals surface area contributed by atoms with Crippen molar-refractivity contribution in [1.29, 1.82) is 0 Å². The first-order valence-corrected chi connectivity index (χ1v) is 21.5. The fourth-order valence-electron chi connectivity index (χ4n) is 6.08. The maximum atomic E-state index is 12.0. The van der Waals surface area contributed by atoms with E-state index in [1.54, 1.807) is 84.9 Å². The van der Waals surface area contributed by atoms with E-state index < -0.39 is 66.0 Å². The van der Waals surface area contributed by atoms with Gasteiger partial charge in [0.15, 0.2) is 12.1 Å². The molecule has 2 unspecified atom stereocenters. The Hall–Kier alpha value is -8.83. The zero-order valence-corrected chi connectivity index (χ0v) is 39.9. The normalized spacial score (nSPS) is 13.1. The number of rotatable bonds is 21. The molecule has 1 saturated heterocycles. The first-order chi connectivity index (χ1) is 35.1. The summed E-state index contributed by atoms with van der Waals surface area (Å²) in [4.78, 5) is 122. The third-order valence-electron chi connectivity index (χ3n) is 9.42. The van der Waals surface area contributed by atoms with Gasteiger partial charge in [0.1, 0.15) is 26.4 Å². The Morgan fingerprint density at radius 3 is 1.34 bits per heavy atom. The van der Waals surface area contributed by atoms with Crippen molar-refractivity contribution in [3.8, 4) is 0 Å². The van der Waals surface area contributed by atoms with Crippen molar-refractivity contribution in [3.63, 3.8) is 0 Å². The Balaban J connectivity index is 0.000000296. The molecular formula is C49H52N4O20. The van der Waals surface area contributed by atoms with E-state index in [1.165, 1.54) is 34.5 Å². The lowest BCUT2D eigenvalue weighted by Gasteiger charge is -2.16. The summed E-state index contributed by atoms with van der Waals surface area (Å²) in [5, 5.41) is 15.2. The molecule has 0 aliphatic carbocycles. The predicted molar refractivity (Wildman–Crippen MR) is 250 cm³/mol. The first kappa shape index (κ1) is 58.5. The minimum absolute atomic E-state index is 0.00127. The van der Waals surface area contributed by atoms with Crippen LogP contribution in [0, 0.1) is 0 Å². The van der Waals surface area contributed by atoms with Gasteiger partial charge in [-0.1, -0.05) is 72.8 Å². The molecule has 3 amide bonds. The molecule has 0 bridgehead atoms. The number of hydrogen-bond acceptors (Lipinski definition) is 21. The molecule has 0 radical (unpaired) electrons. The average molecular weight is 1020 g/mol. The summed E-state index contributed by atoms with van der Waals surface area (Å²) in [5.41, 5.74) is 4.59. The van der Waals surface area contributed by atoms with Crippen LogP contribution in [0.2, 0.25) is 0 Å². The Morgan fingerprint density at radius 2 is 0.973 bits per heavy atom. The highest BCUT2D eigenvalue weighted by Crippen LogP contribution is 2.20. The van der Waals surface area contributed by atoms with E-state index in [0.29, 0.717) is 33.6 Å². The van der Waals surface area contributed by atoms with Crippen LogP contribution in [0.25, 0.3) is 0 Å².